The minimum Gasteiger partial charge on any atom is -0.486 e. The van der Waals surface area contributed by atoms with E-state index in [1.165, 1.54) is 9.80 Å². The lowest BCUT2D eigenvalue weighted by Gasteiger charge is -2.25. The number of nitrogens with zero attached hydrogens (tertiary/aromatic N) is 3. The third-order valence-electron chi connectivity index (χ3n) is 4.11. The van der Waals surface area contributed by atoms with E-state index in [2.05, 4.69) is 0 Å². The van der Waals surface area contributed by atoms with Crippen LogP contribution in [0.15, 0.2) is 18.2 Å². The van der Waals surface area contributed by atoms with Gasteiger partial charge in [0.15, 0.2) is 18.1 Å². The lowest BCUT2D eigenvalue weighted by Crippen LogP contribution is -2.37. The van der Waals surface area contributed by atoms with Gasteiger partial charge < -0.3 is 24.0 Å². The van der Waals surface area contributed by atoms with E-state index in [0.717, 1.165) is 11.8 Å². The molecular weight excluding hydrogens is 386 g/mol. The van der Waals surface area contributed by atoms with Crippen molar-refractivity contribution in [2.75, 3.05) is 50.1 Å². The van der Waals surface area contributed by atoms with Crippen LogP contribution in [-0.4, -0.2) is 67.2 Å². The minimum atomic E-state index is -0.647. The summed E-state index contributed by atoms with van der Waals surface area (Å²) in [6, 6.07) is 7.04. The van der Waals surface area contributed by atoms with Crippen LogP contribution in [-0.2, 0) is 14.3 Å². The van der Waals surface area contributed by atoms with Crippen LogP contribution < -0.4 is 14.4 Å². The summed E-state index contributed by atoms with van der Waals surface area (Å²) < 4.78 is 16.0. The maximum Gasteiger partial charge on any atom is 0.326 e. The van der Waals surface area contributed by atoms with Gasteiger partial charge in [0, 0.05) is 30.6 Å². The van der Waals surface area contributed by atoms with E-state index in [1.807, 2.05) is 6.07 Å². The number of ether oxygens (including phenoxy) is 3. The van der Waals surface area contributed by atoms with Crippen LogP contribution in [0.3, 0.4) is 0 Å². The molecule has 0 saturated carbocycles. The van der Waals surface area contributed by atoms with E-state index in [0.29, 0.717) is 42.7 Å². The number of nitriles is 1. The number of fused-ring (bicyclic) bond motifs is 1. The first kappa shape index (κ1) is 19.8. The standard InChI is InChI=1S/C18H19N3O6S/c19-4-1-5-21(13-2-3-14-15(10-13)26-8-7-25-14)16(22)12-27-17(23)11-20-6-9-28-18(20)24/h2-3,10H,1,5-9,11-12H2. The van der Waals surface area contributed by atoms with E-state index in [9.17, 15) is 14.4 Å². The Labute approximate surface area is 166 Å². The zero-order valence-electron chi connectivity index (χ0n) is 15.1. The molecule has 3 rings (SSSR count). The summed E-state index contributed by atoms with van der Waals surface area (Å²) in [5.74, 6) is 0.619. The fourth-order valence-electron chi connectivity index (χ4n) is 2.75. The maximum atomic E-state index is 12.6. The molecule has 2 aliphatic heterocycles. The average molecular weight is 405 g/mol. The van der Waals surface area contributed by atoms with Crippen molar-refractivity contribution in [3.63, 3.8) is 0 Å². The molecule has 28 heavy (non-hydrogen) atoms. The van der Waals surface area contributed by atoms with Gasteiger partial charge in [0.1, 0.15) is 19.8 Å². The van der Waals surface area contributed by atoms with Crippen molar-refractivity contribution in [3.8, 4) is 17.6 Å². The number of thioether (sulfide) groups is 1. The van der Waals surface area contributed by atoms with Crippen molar-refractivity contribution in [3.05, 3.63) is 18.2 Å². The van der Waals surface area contributed by atoms with Crippen LogP contribution in [0.2, 0.25) is 0 Å². The normalized spacial score (nSPS) is 15.1. The molecule has 1 saturated heterocycles. The largest absolute Gasteiger partial charge is 0.486 e. The summed E-state index contributed by atoms with van der Waals surface area (Å²) in [7, 11) is 0. The summed E-state index contributed by atoms with van der Waals surface area (Å²) in [6.07, 6.45) is 0.119. The second-order valence-electron chi connectivity index (χ2n) is 5.98. The van der Waals surface area contributed by atoms with Crippen molar-refractivity contribution >= 4 is 34.6 Å². The Morgan fingerprint density at radius 2 is 2.07 bits per heavy atom. The summed E-state index contributed by atoms with van der Waals surface area (Å²) >= 11 is 1.15. The Bertz CT molecular complexity index is 809. The Morgan fingerprint density at radius 3 is 2.79 bits per heavy atom. The lowest BCUT2D eigenvalue weighted by molar-refractivity contribution is -0.148. The monoisotopic (exact) mass is 405 g/mol. The van der Waals surface area contributed by atoms with Crippen LogP contribution in [0.25, 0.3) is 0 Å². The number of amides is 2. The highest BCUT2D eigenvalue weighted by molar-refractivity contribution is 8.13. The first-order chi connectivity index (χ1) is 13.6. The van der Waals surface area contributed by atoms with Gasteiger partial charge >= 0.3 is 5.97 Å². The molecule has 2 amide bonds. The van der Waals surface area contributed by atoms with Gasteiger partial charge in [0.25, 0.3) is 11.1 Å². The SMILES string of the molecule is N#CCCN(C(=O)COC(=O)CN1CCSC1=O)c1ccc2c(c1)OCCO2. The van der Waals surface area contributed by atoms with Crippen molar-refractivity contribution in [2.24, 2.45) is 0 Å². The molecule has 0 N–H and O–H groups in total. The lowest BCUT2D eigenvalue weighted by atomic mass is 10.2. The highest BCUT2D eigenvalue weighted by atomic mass is 32.2. The van der Waals surface area contributed by atoms with Gasteiger partial charge in [-0.25, -0.2) is 0 Å². The molecule has 2 aliphatic rings. The smallest absolute Gasteiger partial charge is 0.326 e. The van der Waals surface area contributed by atoms with E-state index in [4.69, 9.17) is 19.5 Å². The maximum absolute atomic E-state index is 12.6. The molecule has 0 bridgehead atoms. The Kier molecular flexibility index (Phi) is 6.60. The van der Waals surface area contributed by atoms with E-state index in [1.54, 1.807) is 18.2 Å². The molecule has 148 valence electrons. The first-order valence-electron chi connectivity index (χ1n) is 8.73. The molecule has 0 atom stereocenters. The van der Waals surface area contributed by atoms with Crippen LogP contribution in [0, 0.1) is 11.3 Å². The fraction of sp³-hybridized carbons (Fsp3) is 0.444. The third kappa shape index (κ3) is 4.86. The summed E-state index contributed by atoms with van der Waals surface area (Å²) in [5, 5.41) is 8.71. The van der Waals surface area contributed by atoms with Gasteiger partial charge in [-0.15, -0.1) is 0 Å². The van der Waals surface area contributed by atoms with Crippen LogP contribution in [0.1, 0.15) is 6.42 Å². The van der Waals surface area contributed by atoms with Crippen molar-refractivity contribution < 1.29 is 28.6 Å². The van der Waals surface area contributed by atoms with E-state index < -0.39 is 18.5 Å². The number of benzene rings is 1. The Hall–Kier alpha value is -2.93. The zero-order valence-corrected chi connectivity index (χ0v) is 15.9. The highest BCUT2D eigenvalue weighted by Crippen LogP contribution is 2.34. The number of carbonyl (C=O) groups is 3. The van der Waals surface area contributed by atoms with Gasteiger partial charge in [0.05, 0.1) is 12.5 Å². The number of hydrogen-bond acceptors (Lipinski definition) is 8. The van der Waals surface area contributed by atoms with Gasteiger partial charge in [-0.3, -0.25) is 14.4 Å². The molecule has 10 heteroatoms. The molecule has 1 fully saturated rings. The van der Waals surface area contributed by atoms with Crippen molar-refractivity contribution in [2.45, 2.75) is 6.42 Å². The topological polar surface area (TPSA) is 109 Å². The highest BCUT2D eigenvalue weighted by Gasteiger charge is 2.25. The number of carbonyl (C=O) groups excluding carboxylic acids is 3. The molecular formula is C18H19N3O6S. The summed E-state index contributed by atoms with van der Waals surface area (Å²) in [4.78, 5) is 38.8. The summed E-state index contributed by atoms with van der Waals surface area (Å²) in [5.41, 5.74) is 0.520. The van der Waals surface area contributed by atoms with Crippen molar-refractivity contribution in [1.29, 1.82) is 5.26 Å². The molecule has 1 aromatic rings. The van der Waals surface area contributed by atoms with Crippen LogP contribution in [0.4, 0.5) is 10.5 Å². The van der Waals surface area contributed by atoms with Crippen LogP contribution in [0.5, 0.6) is 11.5 Å². The molecule has 2 heterocycles. The number of rotatable bonds is 7. The van der Waals surface area contributed by atoms with Gasteiger partial charge in [0.2, 0.25) is 0 Å². The zero-order chi connectivity index (χ0) is 19.9. The minimum absolute atomic E-state index is 0.119. The predicted molar refractivity (Wildman–Crippen MR) is 100 cm³/mol. The van der Waals surface area contributed by atoms with Gasteiger partial charge in [-0.2, -0.15) is 5.26 Å². The molecule has 0 aromatic heterocycles. The number of hydrogen-bond donors (Lipinski definition) is 0. The van der Waals surface area contributed by atoms with E-state index in [-0.39, 0.29) is 24.7 Å². The Morgan fingerprint density at radius 1 is 1.29 bits per heavy atom. The molecule has 0 aliphatic carbocycles. The molecule has 1 aromatic carbocycles. The van der Waals surface area contributed by atoms with Gasteiger partial charge in [-0.05, 0) is 12.1 Å². The quantitative estimate of drug-likeness (QED) is 0.627. The number of anilines is 1. The third-order valence-corrected chi connectivity index (χ3v) is 5.00. The average Bonchev–Trinajstić information content (AvgIpc) is 3.11. The molecule has 9 nitrogen and oxygen atoms in total. The summed E-state index contributed by atoms with van der Waals surface area (Å²) in [6.45, 7) is 0.839. The first-order valence-corrected chi connectivity index (χ1v) is 9.71. The number of esters is 1. The Balaban J connectivity index is 1.62. The predicted octanol–water partition coefficient (Wildman–Crippen LogP) is 1.42. The fourth-order valence-corrected chi connectivity index (χ4v) is 3.58. The van der Waals surface area contributed by atoms with E-state index >= 15 is 0 Å². The molecule has 0 radical (unpaired) electrons. The molecule has 0 unspecified atom stereocenters. The van der Waals surface area contributed by atoms with Crippen molar-refractivity contribution in [1.82, 2.24) is 4.90 Å². The van der Waals surface area contributed by atoms with Gasteiger partial charge in [-0.1, -0.05) is 11.8 Å². The molecule has 0 spiro atoms. The second kappa shape index (κ2) is 9.32. The second-order valence-corrected chi connectivity index (χ2v) is 7.02. The van der Waals surface area contributed by atoms with Crippen LogP contribution >= 0.6 is 11.8 Å².